The summed E-state index contributed by atoms with van der Waals surface area (Å²) in [7, 11) is 1.85. The molecule has 0 unspecified atom stereocenters. The summed E-state index contributed by atoms with van der Waals surface area (Å²) in [4.78, 5) is 14.2. The lowest BCUT2D eigenvalue weighted by Gasteiger charge is -2.34. The molecule has 1 amide bonds. The van der Waals surface area contributed by atoms with Crippen LogP contribution in [0.3, 0.4) is 0 Å². The maximum absolute atomic E-state index is 12.4. The van der Waals surface area contributed by atoms with Gasteiger partial charge in [0.05, 0.1) is 5.56 Å². The third-order valence-corrected chi connectivity index (χ3v) is 4.19. The molecule has 1 saturated carbocycles. The number of amides is 1. The number of hydrogen-bond donors (Lipinski definition) is 0. The van der Waals surface area contributed by atoms with Crippen LogP contribution in [0.1, 0.15) is 40.3 Å². The van der Waals surface area contributed by atoms with Crippen molar-refractivity contribution in [1.82, 2.24) is 4.90 Å². The third-order valence-electron chi connectivity index (χ3n) is 3.83. The second-order valence-electron chi connectivity index (χ2n) is 5.33. The maximum Gasteiger partial charge on any atom is 0.257 e. The van der Waals surface area contributed by atoms with Gasteiger partial charge in [0, 0.05) is 24.5 Å². The zero-order valence-electron chi connectivity index (χ0n) is 11.4. The number of aryl methyl sites for hydroxylation is 2. The number of hydrogen-bond acceptors (Lipinski definition) is 2. The summed E-state index contributed by atoms with van der Waals surface area (Å²) in [5, 5.41) is 0.304. The molecule has 0 N–H and O–H groups in total. The molecule has 0 saturated heterocycles. The van der Waals surface area contributed by atoms with E-state index < -0.39 is 0 Å². The molecule has 0 radical (unpaired) electrons. The molecule has 18 heavy (non-hydrogen) atoms. The summed E-state index contributed by atoms with van der Waals surface area (Å²) < 4.78 is 5.51. The van der Waals surface area contributed by atoms with Gasteiger partial charge in [-0.05, 0) is 39.5 Å². The fourth-order valence-corrected chi connectivity index (χ4v) is 3.08. The van der Waals surface area contributed by atoms with E-state index in [1.807, 2.05) is 27.8 Å². The maximum atomic E-state index is 12.4. The van der Waals surface area contributed by atoms with Crippen molar-refractivity contribution in [2.45, 2.75) is 39.0 Å². The quantitative estimate of drug-likeness (QED) is 0.789. The Morgan fingerprint density at radius 2 is 1.94 bits per heavy atom. The lowest BCUT2D eigenvalue weighted by atomic mass is 9.84. The molecule has 1 fully saturated rings. The Labute approximate surface area is 113 Å². The van der Waals surface area contributed by atoms with Crippen LogP contribution < -0.4 is 0 Å². The number of carbonyl (C=O) groups excluding carboxylic acids is 1. The van der Waals surface area contributed by atoms with Gasteiger partial charge in [0.1, 0.15) is 11.5 Å². The SMILES string of the molecule is Cc1oc(C)c(C(=O)N(C)CC2CC(Cl)C2)c1C. The molecule has 1 heterocycles. The van der Waals surface area contributed by atoms with Crippen LogP contribution in [0.5, 0.6) is 0 Å². The molecule has 0 aliphatic heterocycles. The van der Waals surface area contributed by atoms with Crippen LogP contribution in [0.25, 0.3) is 0 Å². The number of halogens is 1. The number of rotatable bonds is 3. The van der Waals surface area contributed by atoms with E-state index in [1.54, 1.807) is 4.90 Å². The second-order valence-corrected chi connectivity index (χ2v) is 5.95. The molecule has 1 aromatic heterocycles. The minimum absolute atomic E-state index is 0.0554. The van der Waals surface area contributed by atoms with Gasteiger partial charge in [-0.3, -0.25) is 4.79 Å². The van der Waals surface area contributed by atoms with Crippen molar-refractivity contribution in [1.29, 1.82) is 0 Å². The van der Waals surface area contributed by atoms with E-state index in [0.717, 1.165) is 36.3 Å². The van der Waals surface area contributed by atoms with Crippen LogP contribution in [-0.4, -0.2) is 29.8 Å². The molecule has 2 rings (SSSR count). The number of furan rings is 1. The molecule has 0 spiro atoms. The smallest absolute Gasteiger partial charge is 0.257 e. The third kappa shape index (κ3) is 2.41. The fraction of sp³-hybridized carbons (Fsp3) is 0.643. The molecule has 1 aromatic rings. The van der Waals surface area contributed by atoms with E-state index in [2.05, 4.69) is 0 Å². The summed E-state index contributed by atoms with van der Waals surface area (Å²) in [5.74, 6) is 2.15. The zero-order valence-corrected chi connectivity index (χ0v) is 12.2. The van der Waals surface area contributed by atoms with Gasteiger partial charge in [-0.1, -0.05) is 0 Å². The van der Waals surface area contributed by atoms with E-state index in [-0.39, 0.29) is 5.91 Å². The average Bonchev–Trinajstić information content (AvgIpc) is 2.50. The summed E-state index contributed by atoms with van der Waals surface area (Å²) >= 11 is 5.96. The second kappa shape index (κ2) is 4.96. The molecule has 1 aliphatic carbocycles. The first-order valence-corrected chi connectivity index (χ1v) is 6.80. The Balaban J connectivity index is 2.06. The fourth-order valence-electron chi connectivity index (χ4n) is 2.57. The topological polar surface area (TPSA) is 33.5 Å². The van der Waals surface area contributed by atoms with Crippen LogP contribution in [-0.2, 0) is 0 Å². The van der Waals surface area contributed by atoms with Gasteiger partial charge in [0.25, 0.3) is 5.91 Å². The Kier molecular flexibility index (Phi) is 3.71. The van der Waals surface area contributed by atoms with Gasteiger partial charge in [0.15, 0.2) is 0 Å². The lowest BCUT2D eigenvalue weighted by molar-refractivity contribution is 0.0744. The minimum Gasteiger partial charge on any atom is -0.466 e. The van der Waals surface area contributed by atoms with Gasteiger partial charge >= 0.3 is 0 Å². The van der Waals surface area contributed by atoms with Gasteiger partial charge < -0.3 is 9.32 Å². The Bertz CT molecular complexity index is 461. The number of nitrogens with zero attached hydrogens (tertiary/aromatic N) is 1. The predicted octanol–water partition coefficient (Wildman–Crippen LogP) is 3.29. The van der Waals surface area contributed by atoms with Gasteiger partial charge in [-0.2, -0.15) is 0 Å². The molecule has 4 heteroatoms. The van der Waals surface area contributed by atoms with E-state index in [4.69, 9.17) is 16.0 Å². The predicted molar refractivity (Wildman–Crippen MR) is 72.2 cm³/mol. The van der Waals surface area contributed by atoms with Crippen molar-refractivity contribution < 1.29 is 9.21 Å². The van der Waals surface area contributed by atoms with Gasteiger partial charge in [-0.15, -0.1) is 11.6 Å². The highest BCUT2D eigenvalue weighted by atomic mass is 35.5. The molecule has 0 aromatic carbocycles. The first kappa shape index (κ1) is 13.5. The van der Waals surface area contributed by atoms with E-state index in [9.17, 15) is 4.79 Å². The van der Waals surface area contributed by atoms with Crippen molar-refractivity contribution in [3.63, 3.8) is 0 Å². The first-order valence-electron chi connectivity index (χ1n) is 6.36. The van der Waals surface area contributed by atoms with Crippen molar-refractivity contribution in [2.24, 2.45) is 5.92 Å². The van der Waals surface area contributed by atoms with Crippen molar-refractivity contribution in [3.05, 3.63) is 22.6 Å². The monoisotopic (exact) mass is 269 g/mol. The average molecular weight is 270 g/mol. The summed E-state index contributed by atoms with van der Waals surface area (Å²) in [6.45, 7) is 6.46. The van der Waals surface area contributed by atoms with E-state index >= 15 is 0 Å². The Hall–Kier alpha value is -0.960. The number of carbonyl (C=O) groups is 1. The molecule has 3 nitrogen and oxygen atoms in total. The van der Waals surface area contributed by atoms with Crippen LogP contribution >= 0.6 is 11.6 Å². The number of alkyl halides is 1. The van der Waals surface area contributed by atoms with E-state index in [1.165, 1.54) is 0 Å². The van der Waals surface area contributed by atoms with Crippen LogP contribution in [0, 0.1) is 26.7 Å². The molecule has 1 aliphatic rings. The first-order chi connectivity index (χ1) is 8.40. The summed E-state index contributed by atoms with van der Waals surface area (Å²) in [5.41, 5.74) is 1.67. The van der Waals surface area contributed by atoms with Crippen LogP contribution in [0.4, 0.5) is 0 Å². The van der Waals surface area contributed by atoms with Crippen molar-refractivity contribution >= 4 is 17.5 Å². The Morgan fingerprint density at radius 1 is 1.33 bits per heavy atom. The summed E-state index contributed by atoms with van der Waals surface area (Å²) in [6.07, 6.45) is 2.03. The zero-order chi connectivity index (χ0) is 13.4. The van der Waals surface area contributed by atoms with Gasteiger partial charge in [0.2, 0.25) is 0 Å². The van der Waals surface area contributed by atoms with Crippen molar-refractivity contribution in [2.75, 3.05) is 13.6 Å². The van der Waals surface area contributed by atoms with Crippen molar-refractivity contribution in [3.8, 4) is 0 Å². The molecule has 0 atom stereocenters. The summed E-state index contributed by atoms with van der Waals surface area (Å²) in [6, 6.07) is 0. The normalized spacial score (nSPS) is 22.7. The molecule has 0 bridgehead atoms. The Morgan fingerprint density at radius 3 is 2.39 bits per heavy atom. The highest BCUT2D eigenvalue weighted by Crippen LogP contribution is 2.32. The molecule has 100 valence electrons. The largest absolute Gasteiger partial charge is 0.466 e. The van der Waals surface area contributed by atoms with Crippen LogP contribution in [0.2, 0.25) is 0 Å². The lowest BCUT2D eigenvalue weighted by Crippen LogP contribution is -2.38. The van der Waals surface area contributed by atoms with E-state index in [0.29, 0.717) is 17.1 Å². The van der Waals surface area contributed by atoms with Crippen LogP contribution in [0.15, 0.2) is 4.42 Å². The molecular formula is C14H20ClNO2. The highest BCUT2D eigenvalue weighted by Gasteiger charge is 2.30. The minimum atomic E-state index is 0.0554. The molecular weight excluding hydrogens is 250 g/mol. The standard InChI is InChI=1S/C14H20ClNO2/c1-8-9(2)18-10(3)13(8)14(17)16(4)7-11-5-12(15)6-11/h11-12H,5-7H2,1-4H3. The highest BCUT2D eigenvalue weighted by molar-refractivity contribution is 6.21. The van der Waals surface area contributed by atoms with Gasteiger partial charge in [-0.25, -0.2) is 0 Å².